The number of carbonyl (C=O) groups excluding carboxylic acids is 2. The lowest BCUT2D eigenvalue weighted by atomic mass is 9.92. The van der Waals surface area contributed by atoms with Crippen molar-refractivity contribution < 1.29 is 19.1 Å². The lowest BCUT2D eigenvalue weighted by Gasteiger charge is -2.48. The minimum absolute atomic E-state index is 0.0857. The average Bonchev–Trinajstić information content (AvgIpc) is 2.93. The molecule has 0 radical (unpaired) electrons. The zero-order valence-electron chi connectivity index (χ0n) is 12.5. The number of fused-ring (bicyclic) bond motifs is 1. The molecule has 5 heteroatoms. The number of ether oxygens (including phenoxy) is 2. The lowest BCUT2D eigenvalue weighted by Crippen LogP contribution is -2.56. The number of hydrogen-bond donors (Lipinski definition) is 0. The van der Waals surface area contributed by atoms with Crippen LogP contribution in [-0.4, -0.2) is 41.6 Å². The van der Waals surface area contributed by atoms with E-state index in [4.69, 9.17) is 9.47 Å². The molecule has 0 aromatic heterocycles. The summed E-state index contributed by atoms with van der Waals surface area (Å²) in [5.41, 5.74) is 0.797. The van der Waals surface area contributed by atoms with E-state index in [9.17, 15) is 9.59 Å². The molecule has 4 rings (SSSR count). The quantitative estimate of drug-likeness (QED) is 0.631. The molecule has 0 spiro atoms. The van der Waals surface area contributed by atoms with Gasteiger partial charge in [-0.2, -0.15) is 0 Å². The van der Waals surface area contributed by atoms with E-state index in [1.54, 1.807) is 31.4 Å². The summed E-state index contributed by atoms with van der Waals surface area (Å²) in [4.78, 5) is 24.2. The van der Waals surface area contributed by atoms with Gasteiger partial charge in [0.25, 0.3) is 0 Å². The van der Waals surface area contributed by atoms with E-state index in [1.807, 2.05) is 11.8 Å². The Hall–Kier alpha value is -1.33. The average molecular weight is 318 g/mol. The van der Waals surface area contributed by atoms with Crippen molar-refractivity contribution in [3.63, 3.8) is 0 Å². The summed E-state index contributed by atoms with van der Waals surface area (Å²) in [6, 6.07) is 6.86. The summed E-state index contributed by atoms with van der Waals surface area (Å²) >= 11 is 1.88. The highest BCUT2D eigenvalue weighted by Crippen LogP contribution is 2.65. The highest BCUT2D eigenvalue weighted by molar-refractivity contribution is 8.02. The molecule has 22 heavy (non-hydrogen) atoms. The minimum Gasteiger partial charge on any atom is -0.457 e. The van der Waals surface area contributed by atoms with Crippen LogP contribution in [0.3, 0.4) is 0 Å². The molecule has 4 unspecified atom stereocenters. The minimum atomic E-state index is -0.387. The molecule has 1 aromatic rings. The van der Waals surface area contributed by atoms with Crippen molar-refractivity contribution in [1.29, 1.82) is 0 Å². The molecule has 1 aliphatic heterocycles. The molecular weight excluding hydrogens is 300 g/mol. The normalized spacial score (nSPS) is 37.7. The second kappa shape index (κ2) is 5.10. The van der Waals surface area contributed by atoms with Crippen LogP contribution in [0.1, 0.15) is 34.1 Å². The molecule has 0 N–H and O–H groups in total. The van der Waals surface area contributed by atoms with Gasteiger partial charge < -0.3 is 9.47 Å². The summed E-state index contributed by atoms with van der Waals surface area (Å²) in [5.74, 6) is 0.427. The van der Waals surface area contributed by atoms with E-state index in [0.717, 1.165) is 6.42 Å². The maximum absolute atomic E-state index is 12.5. The van der Waals surface area contributed by atoms with Gasteiger partial charge in [-0.25, -0.2) is 4.79 Å². The Bertz CT molecular complexity index is 643. The number of Topliss-reactive ketones (excluding diaryl/α,β-unsaturated/α-hetero) is 1. The molecule has 2 saturated carbocycles. The molecule has 1 aromatic carbocycles. The van der Waals surface area contributed by atoms with Crippen molar-refractivity contribution in [2.75, 3.05) is 7.11 Å². The van der Waals surface area contributed by atoms with Gasteiger partial charge in [0, 0.05) is 29.1 Å². The Balaban J connectivity index is 1.55. The molecule has 4 nitrogen and oxygen atoms in total. The number of carbonyl (C=O) groups is 2. The number of benzene rings is 1. The summed E-state index contributed by atoms with van der Waals surface area (Å²) in [6.45, 7) is 1.47. The van der Waals surface area contributed by atoms with Crippen LogP contribution in [0.4, 0.5) is 0 Å². The van der Waals surface area contributed by atoms with E-state index >= 15 is 0 Å². The van der Waals surface area contributed by atoms with E-state index in [-0.39, 0.29) is 24.0 Å². The monoisotopic (exact) mass is 318 g/mol. The molecule has 116 valence electrons. The zero-order chi connectivity index (χ0) is 15.4. The van der Waals surface area contributed by atoms with Crippen molar-refractivity contribution in [2.24, 2.45) is 11.8 Å². The second-order valence-electron chi connectivity index (χ2n) is 6.30. The van der Waals surface area contributed by atoms with Gasteiger partial charge in [-0.1, -0.05) is 18.2 Å². The van der Waals surface area contributed by atoms with Crippen LogP contribution in [0.15, 0.2) is 24.3 Å². The Morgan fingerprint density at radius 1 is 1.09 bits per heavy atom. The van der Waals surface area contributed by atoms with Gasteiger partial charge in [0.15, 0.2) is 5.78 Å². The van der Waals surface area contributed by atoms with Gasteiger partial charge in [-0.3, -0.25) is 4.79 Å². The van der Waals surface area contributed by atoms with Crippen LogP contribution in [0.25, 0.3) is 0 Å². The SMILES string of the molecule is COC1C2SC3C(OC(=O)c4ccccc4C(C)=O)[C@@H]1C[C@@H]23. The van der Waals surface area contributed by atoms with E-state index in [2.05, 4.69) is 0 Å². The van der Waals surface area contributed by atoms with Crippen molar-refractivity contribution in [1.82, 2.24) is 0 Å². The first-order chi connectivity index (χ1) is 10.6. The maximum Gasteiger partial charge on any atom is 0.339 e. The van der Waals surface area contributed by atoms with Gasteiger partial charge >= 0.3 is 5.97 Å². The number of hydrogen-bond acceptors (Lipinski definition) is 5. The Kier molecular flexibility index (Phi) is 3.31. The van der Waals surface area contributed by atoms with Gasteiger partial charge in [-0.05, 0) is 25.3 Å². The number of methoxy groups -OCH3 is 1. The van der Waals surface area contributed by atoms with Crippen molar-refractivity contribution in [2.45, 2.75) is 36.1 Å². The third-order valence-electron chi connectivity index (χ3n) is 5.24. The first-order valence-corrected chi connectivity index (χ1v) is 8.55. The summed E-state index contributed by atoms with van der Waals surface area (Å²) < 4.78 is 11.4. The molecule has 6 atom stereocenters. The van der Waals surface area contributed by atoms with Gasteiger partial charge in [-0.15, -0.1) is 11.8 Å². The molecule has 2 aliphatic carbocycles. The molecule has 3 aliphatic rings. The van der Waals surface area contributed by atoms with Crippen LogP contribution >= 0.6 is 11.8 Å². The van der Waals surface area contributed by atoms with Gasteiger partial charge in [0.05, 0.1) is 11.7 Å². The van der Waals surface area contributed by atoms with Gasteiger partial charge in [0.1, 0.15) is 6.10 Å². The summed E-state index contributed by atoms with van der Waals surface area (Å²) in [5, 5.41) is 0.995. The van der Waals surface area contributed by atoms with Crippen LogP contribution in [0, 0.1) is 11.8 Å². The third kappa shape index (κ3) is 1.88. The fourth-order valence-electron chi connectivity index (χ4n) is 4.27. The summed E-state index contributed by atoms with van der Waals surface area (Å²) in [6.07, 6.45) is 1.20. The lowest BCUT2D eigenvalue weighted by molar-refractivity contribution is -0.0307. The third-order valence-corrected chi connectivity index (χ3v) is 7.10. The largest absolute Gasteiger partial charge is 0.457 e. The fourth-order valence-corrected chi connectivity index (χ4v) is 6.20. The fraction of sp³-hybridized carbons (Fsp3) is 0.529. The highest BCUT2D eigenvalue weighted by atomic mass is 32.2. The predicted octanol–water partition coefficient (Wildman–Crippen LogP) is 2.56. The smallest absolute Gasteiger partial charge is 0.339 e. The van der Waals surface area contributed by atoms with Crippen LogP contribution < -0.4 is 0 Å². The predicted molar refractivity (Wildman–Crippen MR) is 83.2 cm³/mol. The Morgan fingerprint density at radius 3 is 2.41 bits per heavy atom. The first kappa shape index (κ1) is 14.3. The van der Waals surface area contributed by atoms with E-state index in [0.29, 0.717) is 33.5 Å². The molecule has 1 saturated heterocycles. The van der Waals surface area contributed by atoms with Crippen LogP contribution in [0.2, 0.25) is 0 Å². The van der Waals surface area contributed by atoms with Gasteiger partial charge in [0.2, 0.25) is 0 Å². The number of esters is 1. The summed E-state index contributed by atoms with van der Waals surface area (Å²) in [7, 11) is 1.74. The van der Waals surface area contributed by atoms with Crippen molar-refractivity contribution >= 4 is 23.5 Å². The molecule has 2 bridgehead atoms. The Morgan fingerprint density at radius 2 is 1.77 bits per heavy atom. The molecule has 1 heterocycles. The second-order valence-corrected chi connectivity index (χ2v) is 7.66. The van der Waals surface area contributed by atoms with Crippen LogP contribution in [-0.2, 0) is 9.47 Å². The van der Waals surface area contributed by atoms with Crippen molar-refractivity contribution in [3.05, 3.63) is 35.4 Å². The van der Waals surface area contributed by atoms with E-state index in [1.165, 1.54) is 6.92 Å². The maximum atomic E-state index is 12.5. The molecule has 3 fully saturated rings. The van der Waals surface area contributed by atoms with Crippen LogP contribution in [0.5, 0.6) is 0 Å². The molecular formula is C17H18O4S. The zero-order valence-corrected chi connectivity index (χ0v) is 13.3. The Labute approximate surface area is 133 Å². The van der Waals surface area contributed by atoms with E-state index < -0.39 is 0 Å². The number of thioether (sulfide) groups is 1. The first-order valence-electron chi connectivity index (χ1n) is 7.61. The van der Waals surface area contributed by atoms with Crippen molar-refractivity contribution in [3.8, 4) is 0 Å². The standard InChI is InChI=1S/C17H18O4S/c1-8(18)9-5-3-4-6-10(9)17(19)21-14-11-7-12-15(13(11)20-2)22-16(12)14/h3-6,11-16H,7H2,1-2H3/t11-,12+,13?,14?,15?,16?/m1/s1. The molecule has 0 amide bonds. The topological polar surface area (TPSA) is 52.6 Å². The number of ketones is 1. The number of rotatable bonds is 4. The highest BCUT2D eigenvalue weighted by Gasteiger charge is 2.67.